The van der Waals surface area contributed by atoms with E-state index in [2.05, 4.69) is 10.1 Å². The number of carboxylic acid groups (broad SMARTS) is 1. The lowest BCUT2D eigenvalue weighted by Crippen LogP contribution is -2.46. The zero-order chi connectivity index (χ0) is 12.7. The molecule has 0 heterocycles. The first kappa shape index (κ1) is 14.2. The molecule has 0 spiro atoms. The summed E-state index contributed by atoms with van der Waals surface area (Å²) >= 11 is 0. The third-order valence-electron chi connectivity index (χ3n) is 1.73. The topological polar surface area (TPSA) is 95.9 Å². The van der Waals surface area contributed by atoms with Gasteiger partial charge < -0.3 is 20.1 Å². The molecule has 0 bridgehead atoms. The minimum Gasteiger partial charge on any atom is -0.480 e. The molecule has 0 rings (SSSR count). The molecule has 0 fully saturated rings. The summed E-state index contributed by atoms with van der Waals surface area (Å²) in [5, 5.41) is 10.8. The predicted molar refractivity (Wildman–Crippen MR) is 54.9 cm³/mol. The monoisotopic (exact) mass is 232 g/mol. The summed E-state index contributed by atoms with van der Waals surface area (Å²) in [6, 6.07) is -1.64. The first-order valence-electron chi connectivity index (χ1n) is 4.78. The highest BCUT2D eigenvalue weighted by Gasteiger charge is 2.18. The number of hydrogen-bond acceptors (Lipinski definition) is 4. The molecule has 0 aromatic rings. The van der Waals surface area contributed by atoms with Gasteiger partial charge in [0, 0.05) is 7.05 Å². The largest absolute Gasteiger partial charge is 0.480 e. The molecule has 0 aliphatic carbocycles. The summed E-state index contributed by atoms with van der Waals surface area (Å²) in [6.45, 7) is 3.01. The molecule has 0 saturated heterocycles. The van der Waals surface area contributed by atoms with Crippen LogP contribution in [0.2, 0.25) is 0 Å². The normalized spacial score (nSPS) is 11.4. The zero-order valence-electron chi connectivity index (χ0n) is 9.52. The highest BCUT2D eigenvalue weighted by atomic mass is 16.5. The number of esters is 1. The number of urea groups is 1. The van der Waals surface area contributed by atoms with Crippen molar-refractivity contribution in [1.29, 1.82) is 0 Å². The summed E-state index contributed by atoms with van der Waals surface area (Å²) in [5.74, 6) is -1.68. The van der Waals surface area contributed by atoms with E-state index < -0.39 is 24.0 Å². The van der Waals surface area contributed by atoms with Gasteiger partial charge in [-0.1, -0.05) is 0 Å². The van der Waals surface area contributed by atoms with Crippen LogP contribution in [0, 0.1) is 0 Å². The highest BCUT2D eigenvalue weighted by Crippen LogP contribution is 1.90. The predicted octanol–water partition coefficient (Wildman–Crippen LogP) is -0.336. The van der Waals surface area contributed by atoms with Crippen LogP contribution in [-0.4, -0.2) is 54.2 Å². The molecule has 0 radical (unpaired) electrons. The van der Waals surface area contributed by atoms with E-state index in [1.165, 1.54) is 14.0 Å². The number of amides is 2. The fourth-order valence-electron chi connectivity index (χ4n) is 0.829. The Morgan fingerprint density at radius 3 is 2.44 bits per heavy atom. The quantitative estimate of drug-likeness (QED) is 0.632. The van der Waals surface area contributed by atoms with Crippen molar-refractivity contribution in [2.45, 2.75) is 19.9 Å². The first-order chi connectivity index (χ1) is 7.38. The van der Waals surface area contributed by atoms with Crippen LogP contribution in [0.15, 0.2) is 0 Å². The van der Waals surface area contributed by atoms with Crippen molar-refractivity contribution in [3.05, 3.63) is 0 Å². The van der Waals surface area contributed by atoms with Gasteiger partial charge in [0.2, 0.25) is 0 Å². The minimum absolute atomic E-state index is 0.216. The molecule has 7 nitrogen and oxygen atoms in total. The Labute approximate surface area is 93.4 Å². The van der Waals surface area contributed by atoms with E-state index in [9.17, 15) is 14.4 Å². The lowest BCUT2D eigenvalue weighted by Gasteiger charge is -2.18. The van der Waals surface area contributed by atoms with Crippen molar-refractivity contribution >= 4 is 18.0 Å². The molecule has 2 amide bonds. The molecule has 1 unspecified atom stereocenters. The second kappa shape index (κ2) is 6.65. The van der Waals surface area contributed by atoms with Crippen LogP contribution in [0.3, 0.4) is 0 Å². The fourth-order valence-corrected chi connectivity index (χ4v) is 0.829. The Kier molecular flexibility index (Phi) is 5.91. The second-order valence-corrected chi connectivity index (χ2v) is 3.17. The SMILES string of the molecule is CCOC(=O)CN(C)C(=O)NC(C)C(=O)O. The molecule has 0 aliphatic heterocycles. The third kappa shape index (κ3) is 5.18. The summed E-state index contributed by atoms with van der Waals surface area (Å²) in [4.78, 5) is 33.9. The number of carbonyl (C=O) groups excluding carboxylic acids is 2. The van der Waals surface area contributed by atoms with Gasteiger partial charge in [-0.3, -0.25) is 9.59 Å². The van der Waals surface area contributed by atoms with Crippen LogP contribution < -0.4 is 5.32 Å². The smallest absolute Gasteiger partial charge is 0.325 e. The van der Waals surface area contributed by atoms with Gasteiger partial charge in [-0.15, -0.1) is 0 Å². The van der Waals surface area contributed by atoms with Crippen molar-refractivity contribution in [1.82, 2.24) is 10.2 Å². The zero-order valence-corrected chi connectivity index (χ0v) is 9.52. The van der Waals surface area contributed by atoms with E-state index in [0.717, 1.165) is 4.90 Å². The van der Waals surface area contributed by atoms with E-state index in [4.69, 9.17) is 5.11 Å². The number of nitrogens with one attached hydrogen (secondary N) is 1. The Hall–Kier alpha value is -1.79. The molecular weight excluding hydrogens is 216 g/mol. The molecular formula is C9H16N2O5. The summed E-state index contributed by atoms with van der Waals surface area (Å²) < 4.78 is 4.64. The first-order valence-corrected chi connectivity index (χ1v) is 4.78. The number of aliphatic carboxylic acids is 1. The van der Waals surface area contributed by atoms with Crippen molar-refractivity contribution in [2.24, 2.45) is 0 Å². The van der Waals surface area contributed by atoms with Crippen LogP contribution in [0.4, 0.5) is 4.79 Å². The van der Waals surface area contributed by atoms with Gasteiger partial charge in [-0.25, -0.2) is 4.79 Å². The molecule has 2 N–H and O–H groups in total. The number of nitrogens with zero attached hydrogens (tertiary/aromatic N) is 1. The van der Waals surface area contributed by atoms with E-state index >= 15 is 0 Å². The van der Waals surface area contributed by atoms with E-state index in [-0.39, 0.29) is 13.2 Å². The van der Waals surface area contributed by atoms with Gasteiger partial charge in [-0.2, -0.15) is 0 Å². The van der Waals surface area contributed by atoms with Crippen molar-refractivity contribution in [2.75, 3.05) is 20.2 Å². The Morgan fingerprint density at radius 2 is 2.00 bits per heavy atom. The van der Waals surface area contributed by atoms with Gasteiger partial charge in [0.05, 0.1) is 6.61 Å². The van der Waals surface area contributed by atoms with Gasteiger partial charge in [-0.05, 0) is 13.8 Å². The molecule has 92 valence electrons. The Bertz CT molecular complexity index is 279. The summed E-state index contributed by atoms with van der Waals surface area (Å²) in [7, 11) is 1.38. The van der Waals surface area contributed by atoms with Crippen LogP contribution in [0.25, 0.3) is 0 Å². The van der Waals surface area contributed by atoms with Crippen molar-refractivity contribution < 1.29 is 24.2 Å². The molecule has 16 heavy (non-hydrogen) atoms. The van der Waals surface area contributed by atoms with Gasteiger partial charge >= 0.3 is 18.0 Å². The lowest BCUT2D eigenvalue weighted by atomic mass is 10.3. The average Bonchev–Trinajstić information content (AvgIpc) is 2.17. The van der Waals surface area contributed by atoms with E-state index in [1.807, 2.05) is 0 Å². The number of likely N-dealkylation sites (N-methyl/N-ethyl adjacent to an activating group) is 1. The maximum atomic E-state index is 11.3. The average molecular weight is 232 g/mol. The number of carbonyl (C=O) groups is 3. The molecule has 1 atom stereocenters. The van der Waals surface area contributed by atoms with Gasteiger partial charge in [0.1, 0.15) is 12.6 Å². The number of rotatable bonds is 5. The standard InChI is InChI=1S/C9H16N2O5/c1-4-16-7(12)5-11(3)9(15)10-6(2)8(13)14/h6H,4-5H2,1-3H3,(H,10,15)(H,13,14). The van der Waals surface area contributed by atoms with Crippen LogP contribution in [0.1, 0.15) is 13.8 Å². The minimum atomic E-state index is -1.14. The summed E-state index contributed by atoms with van der Waals surface area (Å²) in [6.07, 6.45) is 0. The Morgan fingerprint density at radius 1 is 1.44 bits per heavy atom. The number of carboxylic acids is 1. The van der Waals surface area contributed by atoms with Crippen LogP contribution in [-0.2, 0) is 14.3 Å². The Balaban J connectivity index is 4.08. The molecule has 0 saturated carbocycles. The number of hydrogen-bond donors (Lipinski definition) is 2. The highest BCUT2D eigenvalue weighted by molar-refractivity contribution is 5.84. The van der Waals surface area contributed by atoms with Gasteiger partial charge in [0.25, 0.3) is 0 Å². The second-order valence-electron chi connectivity index (χ2n) is 3.17. The molecule has 0 aromatic carbocycles. The van der Waals surface area contributed by atoms with Crippen LogP contribution in [0.5, 0.6) is 0 Å². The maximum Gasteiger partial charge on any atom is 0.325 e. The van der Waals surface area contributed by atoms with Gasteiger partial charge in [0.15, 0.2) is 0 Å². The molecule has 7 heteroatoms. The fraction of sp³-hybridized carbons (Fsp3) is 0.667. The molecule has 0 aliphatic rings. The third-order valence-corrected chi connectivity index (χ3v) is 1.73. The van der Waals surface area contributed by atoms with Crippen molar-refractivity contribution in [3.8, 4) is 0 Å². The van der Waals surface area contributed by atoms with E-state index in [0.29, 0.717) is 0 Å². The maximum absolute atomic E-state index is 11.3. The van der Waals surface area contributed by atoms with Crippen molar-refractivity contribution in [3.63, 3.8) is 0 Å². The molecule has 0 aromatic heterocycles. The van der Waals surface area contributed by atoms with E-state index in [1.54, 1.807) is 6.92 Å². The van der Waals surface area contributed by atoms with Crippen LogP contribution >= 0.6 is 0 Å². The lowest BCUT2D eigenvalue weighted by molar-refractivity contribution is -0.143. The summed E-state index contributed by atoms with van der Waals surface area (Å²) in [5.41, 5.74) is 0. The number of ether oxygens (including phenoxy) is 1.